The molecule has 1 unspecified atom stereocenters. The van der Waals surface area contributed by atoms with Gasteiger partial charge in [0, 0.05) is 11.8 Å². The molecule has 1 aromatic heterocycles. The topological polar surface area (TPSA) is 114 Å². The predicted octanol–water partition coefficient (Wildman–Crippen LogP) is 1.44. The van der Waals surface area contributed by atoms with Crippen molar-refractivity contribution in [1.29, 1.82) is 0 Å². The first-order valence-electron chi connectivity index (χ1n) is 6.07. The van der Waals surface area contributed by atoms with Gasteiger partial charge in [-0.25, -0.2) is 0 Å². The van der Waals surface area contributed by atoms with Crippen molar-refractivity contribution in [3.05, 3.63) is 26.9 Å². The highest BCUT2D eigenvalue weighted by Crippen LogP contribution is 2.57. The molecule has 0 saturated carbocycles. The number of aryl methyl sites for hydroxylation is 1. The van der Waals surface area contributed by atoms with Crippen LogP contribution < -0.4 is 5.56 Å². The molecule has 0 spiro atoms. The summed E-state index contributed by atoms with van der Waals surface area (Å²) in [6.07, 6.45) is -7.11. The van der Waals surface area contributed by atoms with E-state index in [9.17, 15) is 19.6 Å². The summed E-state index contributed by atoms with van der Waals surface area (Å²) in [6, 6.07) is 0. The minimum atomic E-state index is -3.78. The van der Waals surface area contributed by atoms with E-state index >= 15 is 0 Å². The van der Waals surface area contributed by atoms with Gasteiger partial charge in [-0.1, -0.05) is 0 Å². The summed E-state index contributed by atoms with van der Waals surface area (Å²) < 4.78 is 22.6. The summed E-state index contributed by atoms with van der Waals surface area (Å²) in [5.41, 5.74) is -0.0102. The van der Waals surface area contributed by atoms with E-state index in [1.54, 1.807) is 6.92 Å². The maximum Gasteiger partial charge on any atom is 0.380 e. The zero-order chi connectivity index (χ0) is 16.7. The Morgan fingerprint density at radius 1 is 1.50 bits per heavy atom. The second-order valence-electron chi connectivity index (χ2n) is 4.74. The van der Waals surface area contributed by atoms with Crippen LogP contribution in [0.2, 0.25) is 0 Å². The van der Waals surface area contributed by atoms with Crippen molar-refractivity contribution in [3.8, 4) is 0 Å². The van der Waals surface area contributed by atoms with Crippen molar-refractivity contribution in [2.75, 3.05) is 6.61 Å². The molecule has 0 aromatic carbocycles. The number of hydrogen-bond donors (Lipinski definition) is 3. The SMILES string of the molecule is Cc1cn([C@@H]2O[C@H](COP(=O)(Cl)Cl)C(O)[C@@H]2O)c(=S)[nH]c1=O. The molecule has 1 aliphatic heterocycles. The van der Waals surface area contributed by atoms with Crippen molar-refractivity contribution in [2.24, 2.45) is 0 Å². The molecule has 1 fully saturated rings. The molecular weight excluding hydrogens is 378 g/mol. The zero-order valence-electron chi connectivity index (χ0n) is 11.2. The van der Waals surface area contributed by atoms with Gasteiger partial charge in [0.1, 0.15) is 18.3 Å². The third kappa shape index (κ3) is 3.98. The second kappa shape index (κ2) is 6.70. The normalized spacial score (nSPS) is 29.0. The van der Waals surface area contributed by atoms with E-state index in [0.717, 1.165) is 0 Å². The largest absolute Gasteiger partial charge is 0.387 e. The standard InChI is InChI=1S/C10H13Cl2N2O6PS/c1-4-2-14(10(22)13-8(4)17)9-7(16)6(15)5(20-9)3-19-21(11,12)18/h2,5-7,9,15-16H,3H2,1H3,(H,13,17,22)/t5-,6?,7+,9-/m1/s1. The Balaban J connectivity index is 2.23. The summed E-state index contributed by atoms with van der Waals surface area (Å²) in [4.78, 5) is 13.9. The number of ether oxygens (including phenoxy) is 1. The number of aromatic nitrogens is 2. The lowest BCUT2D eigenvalue weighted by Gasteiger charge is -2.18. The number of aliphatic hydroxyl groups excluding tert-OH is 2. The first-order valence-corrected chi connectivity index (χ1v) is 9.92. The van der Waals surface area contributed by atoms with Gasteiger partial charge in [-0.2, -0.15) is 0 Å². The Bertz CT molecular complexity index is 718. The fourth-order valence-corrected chi connectivity index (χ4v) is 2.94. The van der Waals surface area contributed by atoms with Gasteiger partial charge in [-0.15, -0.1) is 0 Å². The first-order chi connectivity index (χ1) is 10.1. The monoisotopic (exact) mass is 390 g/mol. The number of rotatable bonds is 4. The highest BCUT2D eigenvalue weighted by Gasteiger charge is 2.44. The Labute approximate surface area is 139 Å². The van der Waals surface area contributed by atoms with Crippen LogP contribution in [0.3, 0.4) is 0 Å². The summed E-state index contributed by atoms with van der Waals surface area (Å²) in [6.45, 7) is 1.17. The lowest BCUT2D eigenvalue weighted by Crippen LogP contribution is -2.33. The fourth-order valence-electron chi connectivity index (χ4n) is 2.03. The molecule has 22 heavy (non-hydrogen) atoms. The summed E-state index contributed by atoms with van der Waals surface area (Å²) in [7, 11) is 0. The van der Waals surface area contributed by atoms with Gasteiger partial charge >= 0.3 is 6.07 Å². The number of aliphatic hydroxyl groups is 2. The summed E-state index contributed by atoms with van der Waals surface area (Å²) in [5.74, 6) is 0. The van der Waals surface area contributed by atoms with Crippen LogP contribution in [-0.4, -0.2) is 44.7 Å². The molecule has 0 radical (unpaired) electrons. The molecule has 0 bridgehead atoms. The molecule has 1 aromatic rings. The Morgan fingerprint density at radius 2 is 2.14 bits per heavy atom. The lowest BCUT2D eigenvalue weighted by atomic mass is 10.1. The van der Waals surface area contributed by atoms with Crippen LogP contribution in [-0.2, 0) is 13.8 Å². The molecule has 2 rings (SSSR count). The maximum atomic E-state index is 11.5. The molecule has 1 aliphatic rings. The van der Waals surface area contributed by atoms with E-state index < -0.39 is 30.6 Å². The smallest absolute Gasteiger partial charge is 0.380 e. The van der Waals surface area contributed by atoms with Crippen molar-refractivity contribution >= 4 is 40.8 Å². The van der Waals surface area contributed by atoms with Gasteiger partial charge in [-0.3, -0.25) is 18.9 Å². The zero-order valence-corrected chi connectivity index (χ0v) is 14.4. The lowest BCUT2D eigenvalue weighted by molar-refractivity contribution is -0.0498. The highest BCUT2D eigenvalue weighted by molar-refractivity contribution is 8.05. The summed E-state index contributed by atoms with van der Waals surface area (Å²) >= 11 is 15.5. The van der Waals surface area contributed by atoms with Crippen LogP contribution in [0, 0.1) is 11.7 Å². The van der Waals surface area contributed by atoms with Crippen LogP contribution in [0.25, 0.3) is 0 Å². The maximum absolute atomic E-state index is 11.5. The molecule has 0 amide bonds. The molecule has 4 atom stereocenters. The molecule has 0 aliphatic carbocycles. The highest BCUT2D eigenvalue weighted by atomic mass is 35.9. The Morgan fingerprint density at radius 3 is 2.73 bits per heavy atom. The molecule has 8 nitrogen and oxygen atoms in total. The van der Waals surface area contributed by atoms with Crippen molar-refractivity contribution in [2.45, 2.75) is 31.5 Å². The third-order valence-electron chi connectivity index (χ3n) is 3.15. The molecule has 3 N–H and O–H groups in total. The number of H-pyrrole nitrogens is 1. The minimum Gasteiger partial charge on any atom is -0.387 e. The average molecular weight is 391 g/mol. The quantitative estimate of drug-likeness (QED) is 0.526. The van der Waals surface area contributed by atoms with Crippen molar-refractivity contribution in [3.63, 3.8) is 0 Å². The van der Waals surface area contributed by atoms with Crippen molar-refractivity contribution in [1.82, 2.24) is 9.55 Å². The number of hydrogen-bond acceptors (Lipinski definition) is 7. The van der Waals surface area contributed by atoms with E-state index in [-0.39, 0.29) is 16.9 Å². The number of halogens is 2. The van der Waals surface area contributed by atoms with E-state index in [1.807, 2.05) is 0 Å². The summed E-state index contributed by atoms with van der Waals surface area (Å²) in [5, 5.41) is 20.0. The van der Waals surface area contributed by atoms with Gasteiger partial charge in [0.05, 0.1) is 6.61 Å². The van der Waals surface area contributed by atoms with E-state index in [2.05, 4.69) is 9.51 Å². The van der Waals surface area contributed by atoms with Gasteiger partial charge in [-0.05, 0) is 41.6 Å². The number of nitrogens with one attached hydrogen (secondary N) is 1. The molecular formula is C10H13Cl2N2O6PS. The van der Waals surface area contributed by atoms with Crippen LogP contribution in [0.1, 0.15) is 11.8 Å². The van der Waals surface area contributed by atoms with Crippen LogP contribution in [0.4, 0.5) is 0 Å². The molecule has 12 heteroatoms. The second-order valence-corrected chi connectivity index (χ2v) is 9.40. The fraction of sp³-hybridized carbons (Fsp3) is 0.600. The molecule has 2 heterocycles. The number of aromatic amines is 1. The Kier molecular flexibility index (Phi) is 5.51. The van der Waals surface area contributed by atoms with Gasteiger partial charge in [0.2, 0.25) is 0 Å². The predicted molar refractivity (Wildman–Crippen MR) is 81.8 cm³/mol. The van der Waals surface area contributed by atoms with Crippen LogP contribution in [0.5, 0.6) is 0 Å². The average Bonchev–Trinajstić information content (AvgIpc) is 2.68. The van der Waals surface area contributed by atoms with Gasteiger partial charge in [0.25, 0.3) is 5.56 Å². The van der Waals surface area contributed by atoms with E-state index in [0.29, 0.717) is 5.56 Å². The molecule has 124 valence electrons. The van der Waals surface area contributed by atoms with Crippen LogP contribution in [0.15, 0.2) is 11.0 Å². The van der Waals surface area contributed by atoms with E-state index in [4.69, 9.17) is 39.4 Å². The van der Waals surface area contributed by atoms with Crippen molar-refractivity contribution < 1.29 is 24.0 Å². The van der Waals surface area contributed by atoms with Crippen LogP contribution >= 0.6 is 40.8 Å². The molecule has 1 saturated heterocycles. The van der Waals surface area contributed by atoms with Gasteiger partial charge in [0.15, 0.2) is 11.0 Å². The van der Waals surface area contributed by atoms with E-state index in [1.165, 1.54) is 10.8 Å². The third-order valence-corrected chi connectivity index (χ3v) is 4.49. The number of nitrogens with zero attached hydrogens (tertiary/aromatic N) is 1. The minimum absolute atomic E-state index is 0.0220. The first kappa shape index (κ1) is 18.1. The Hall–Kier alpha value is -0.250. The van der Waals surface area contributed by atoms with Gasteiger partial charge < -0.3 is 19.5 Å².